The summed E-state index contributed by atoms with van der Waals surface area (Å²) in [6.45, 7) is 0.805. The van der Waals surface area contributed by atoms with Gasteiger partial charge in [0.1, 0.15) is 11.3 Å². The largest absolute Gasteiger partial charge is 0.497 e. The van der Waals surface area contributed by atoms with E-state index in [0.29, 0.717) is 17.6 Å². The van der Waals surface area contributed by atoms with E-state index in [4.69, 9.17) is 9.15 Å². The van der Waals surface area contributed by atoms with E-state index in [9.17, 15) is 4.79 Å². The van der Waals surface area contributed by atoms with Gasteiger partial charge in [0.2, 0.25) is 0 Å². The fraction of sp³-hybridized carbons (Fsp3) is 0.211. The van der Waals surface area contributed by atoms with Gasteiger partial charge >= 0.3 is 5.63 Å². The van der Waals surface area contributed by atoms with Crippen LogP contribution in [0, 0.1) is 0 Å². The maximum absolute atomic E-state index is 12.0. The molecule has 1 heterocycles. The number of rotatable bonds is 6. The summed E-state index contributed by atoms with van der Waals surface area (Å²) in [7, 11) is 1.62. The third kappa shape index (κ3) is 3.72. The lowest BCUT2D eigenvalue weighted by atomic mass is 10.1. The Labute approximate surface area is 134 Å². The molecule has 0 spiro atoms. The monoisotopic (exact) mass is 309 g/mol. The van der Waals surface area contributed by atoms with E-state index in [1.54, 1.807) is 19.2 Å². The lowest BCUT2D eigenvalue weighted by Gasteiger charge is -2.06. The van der Waals surface area contributed by atoms with Crippen molar-refractivity contribution in [3.8, 4) is 5.75 Å². The van der Waals surface area contributed by atoms with Crippen LogP contribution in [0.1, 0.15) is 12.0 Å². The zero-order chi connectivity index (χ0) is 16.1. The number of aryl methyl sites for hydroxylation is 1. The summed E-state index contributed by atoms with van der Waals surface area (Å²) < 4.78 is 10.6. The summed E-state index contributed by atoms with van der Waals surface area (Å²) in [6, 6.07) is 17.3. The molecule has 0 aliphatic carbocycles. The van der Waals surface area contributed by atoms with Crippen LogP contribution in [0.15, 0.2) is 63.8 Å². The lowest BCUT2D eigenvalue weighted by Crippen LogP contribution is -2.10. The van der Waals surface area contributed by atoms with Crippen LogP contribution in [0.25, 0.3) is 11.0 Å². The maximum Gasteiger partial charge on any atom is 0.339 e. The Balaban J connectivity index is 1.67. The third-order valence-corrected chi connectivity index (χ3v) is 3.74. The first-order valence-corrected chi connectivity index (χ1v) is 7.66. The van der Waals surface area contributed by atoms with E-state index in [0.717, 1.165) is 29.8 Å². The highest BCUT2D eigenvalue weighted by Gasteiger charge is 2.06. The number of fused-ring (bicyclic) bond motifs is 1. The molecule has 1 aromatic heterocycles. The molecule has 0 bridgehead atoms. The molecule has 4 nitrogen and oxygen atoms in total. The molecule has 0 aliphatic rings. The lowest BCUT2D eigenvalue weighted by molar-refractivity contribution is 0.415. The number of methoxy groups -OCH3 is 1. The molecule has 23 heavy (non-hydrogen) atoms. The summed E-state index contributed by atoms with van der Waals surface area (Å²) in [5.41, 5.74) is 2.10. The zero-order valence-electron chi connectivity index (χ0n) is 13.0. The van der Waals surface area contributed by atoms with Gasteiger partial charge in [-0.2, -0.15) is 0 Å². The minimum Gasteiger partial charge on any atom is -0.497 e. The van der Waals surface area contributed by atoms with Gasteiger partial charge in [0.05, 0.1) is 7.11 Å². The molecule has 0 fully saturated rings. The number of hydrogen-bond donors (Lipinski definition) is 1. The summed E-state index contributed by atoms with van der Waals surface area (Å²) in [6.07, 6.45) is 1.53. The Bertz CT molecular complexity index is 840. The Morgan fingerprint density at radius 3 is 2.70 bits per heavy atom. The predicted octanol–water partition coefficient (Wildman–Crippen LogP) is 3.85. The molecule has 0 aliphatic heterocycles. The first kappa shape index (κ1) is 15.2. The third-order valence-electron chi connectivity index (χ3n) is 3.74. The standard InChI is InChI=1S/C19H19NO3/c1-22-17-9-10-18-15(13-17)12-14(19(21)23-18)6-5-11-20-16-7-3-2-4-8-16/h2-4,7-10,12-13,20H,5-6,11H2,1H3. The van der Waals surface area contributed by atoms with Gasteiger partial charge in [0.25, 0.3) is 0 Å². The van der Waals surface area contributed by atoms with Gasteiger partial charge < -0.3 is 14.5 Å². The van der Waals surface area contributed by atoms with Gasteiger partial charge in [-0.05, 0) is 49.2 Å². The number of para-hydroxylation sites is 1. The molecule has 2 aromatic carbocycles. The first-order chi connectivity index (χ1) is 11.3. The average molecular weight is 309 g/mol. The van der Waals surface area contributed by atoms with Crippen molar-refractivity contribution in [2.45, 2.75) is 12.8 Å². The fourth-order valence-electron chi connectivity index (χ4n) is 2.51. The van der Waals surface area contributed by atoms with Crippen molar-refractivity contribution in [3.05, 3.63) is 70.6 Å². The highest BCUT2D eigenvalue weighted by Crippen LogP contribution is 2.20. The topological polar surface area (TPSA) is 51.5 Å². The van der Waals surface area contributed by atoms with E-state index >= 15 is 0 Å². The molecule has 0 amide bonds. The normalized spacial score (nSPS) is 10.7. The Morgan fingerprint density at radius 1 is 1.09 bits per heavy atom. The van der Waals surface area contributed by atoms with Crippen molar-refractivity contribution in [3.63, 3.8) is 0 Å². The summed E-state index contributed by atoms with van der Waals surface area (Å²) in [5, 5.41) is 4.22. The van der Waals surface area contributed by atoms with Gasteiger partial charge in [-0.25, -0.2) is 4.79 Å². The molecule has 4 heteroatoms. The van der Waals surface area contributed by atoms with Crippen molar-refractivity contribution >= 4 is 16.7 Å². The average Bonchev–Trinajstić information content (AvgIpc) is 2.59. The van der Waals surface area contributed by atoms with Crippen LogP contribution in [-0.2, 0) is 6.42 Å². The van der Waals surface area contributed by atoms with E-state index < -0.39 is 0 Å². The second kappa shape index (κ2) is 7.01. The van der Waals surface area contributed by atoms with Crippen molar-refractivity contribution in [1.29, 1.82) is 0 Å². The van der Waals surface area contributed by atoms with Crippen molar-refractivity contribution in [1.82, 2.24) is 0 Å². The predicted molar refractivity (Wildman–Crippen MR) is 92.3 cm³/mol. The second-order valence-corrected chi connectivity index (χ2v) is 5.36. The molecule has 1 N–H and O–H groups in total. The quantitative estimate of drug-likeness (QED) is 0.555. The molecule has 0 unspecified atom stereocenters. The molecule has 3 rings (SSSR count). The van der Waals surface area contributed by atoms with Crippen molar-refractivity contribution < 1.29 is 9.15 Å². The van der Waals surface area contributed by atoms with Crippen LogP contribution in [0.5, 0.6) is 5.75 Å². The number of benzene rings is 2. The number of anilines is 1. The molecular weight excluding hydrogens is 290 g/mol. The molecule has 0 saturated carbocycles. The first-order valence-electron chi connectivity index (χ1n) is 7.66. The van der Waals surface area contributed by atoms with E-state index in [2.05, 4.69) is 5.32 Å². The van der Waals surface area contributed by atoms with Crippen molar-refractivity contribution in [2.75, 3.05) is 19.0 Å². The van der Waals surface area contributed by atoms with Crippen LogP contribution in [0.2, 0.25) is 0 Å². The minimum absolute atomic E-state index is 0.262. The molecule has 3 aromatic rings. The smallest absolute Gasteiger partial charge is 0.339 e. The van der Waals surface area contributed by atoms with Crippen LogP contribution in [0.3, 0.4) is 0 Å². The zero-order valence-corrected chi connectivity index (χ0v) is 13.0. The summed E-state index contributed by atoms with van der Waals surface area (Å²) >= 11 is 0. The van der Waals surface area contributed by atoms with Gasteiger partial charge in [-0.1, -0.05) is 18.2 Å². The SMILES string of the molecule is COc1ccc2oc(=O)c(CCCNc3ccccc3)cc2c1. The molecular formula is C19H19NO3. The number of hydrogen-bond acceptors (Lipinski definition) is 4. The Hall–Kier alpha value is -2.75. The maximum atomic E-state index is 12.0. The fourth-order valence-corrected chi connectivity index (χ4v) is 2.51. The van der Waals surface area contributed by atoms with E-state index in [-0.39, 0.29) is 5.63 Å². The van der Waals surface area contributed by atoms with Gasteiger partial charge in [0, 0.05) is 23.2 Å². The minimum atomic E-state index is -0.262. The van der Waals surface area contributed by atoms with Gasteiger partial charge in [-0.15, -0.1) is 0 Å². The Morgan fingerprint density at radius 2 is 1.91 bits per heavy atom. The summed E-state index contributed by atoms with van der Waals surface area (Å²) in [4.78, 5) is 12.0. The summed E-state index contributed by atoms with van der Waals surface area (Å²) in [5.74, 6) is 0.753. The molecule has 0 atom stereocenters. The molecule has 0 saturated heterocycles. The van der Waals surface area contributed by atoms with Gasteiger partial charge in [-0.3, -0.25) is 0 Å². The second-order valence-electron chi connectivity index (χ2n) is 5.36. The van der Waals surface area contributed by atoms with Crippen LogP contribution < -0.4 is 15.7 Å². The number of nitrogens with one attached hydrogen (secondary N) is 1. The van der Waals surface area contributed by atoms with Crippen LogP contribution in [0.4, 0.5) is 5.69 Å². The van der Waals surface area contributed by atoms with Crippen LogP contribution in [-0.4, -0.2) is 13.7 Å². The highest BCUT2D eigenvalue weighted by atomic mass is 16.5. The van der Waals surface area contributed by atoms with E-state index in [1.165, 1.54) is 0 Å². The van der Waals surface area contributed by atoms with E-state index in [1.807, 2.05) is 42.5 Å². The molecule has 118 valence electrons. The Kier molecular flexibility index (Phi) is 4.62. The number of ether oxygens (including phenoxy) is 1. The van der Waals surface area contributed by atoms with Crippen LogP contribution >= 0.6 is 0 Å². The van der Waals surface area contributed by atoms with Crippen molar-refractivity contribution in [2.24, 2.45) is 0 Å². The molecule has 0 radical (unpaired) electrons. The highest BCUT2D eigenvalue weighted by molar-refractivity contribution is 5.78. The van der Waals surface area contributed by atoms with Gasteiger partial charge in [0.15, 0.2) is 0 Å².